The third kappa shape index (κ3) is 3.08. The van der Waals surface area contributed by atoms with Gasteiger partial charge in [0.15, 0.2) is 0 Å². The number of hydrogen-bond donors (Lipinski definition) is 1. The Morgan fingerprint density at radius 2 is 2.39 bits per heavy atom. The van der Waals surface area contributed by atoms with Crippen molar-refractivity contribution in [2.24, 2.45) is 0 Å². The van der Waals surface area contributed by atoms with Crippen molar-refractivity contribution in [2.75, 3.05) is 18.8 Å². The van der Waals surface area contributed by atoms with Crippen LogP contribution < -0.4 is 0 Å². The van der Waals surface area contributed by atoms with E-state index in [1.165, 1.54) is 10.5 Å². The molecule has 1 aliphatic heterocycles. The number of fused-ring (bicyclic) bond motifs is 1. The van der Waals surface area contributed by atoms with Gasteiger partial charge in [-0.1, -0.05) is 22.9 Å². The highest BCUT2D eigenvalue weighted by atomic mass is 79.9. The van der Waals surface area contributed by atoms with E-state index >= 15 is 0 Å². The number of aliphatic carboxylic acids is 1. The smallest absolute Gasteiger partial charge is 0.317 e. The van der Waals surface area contributed by atoms with Crippen molar-refractivity contribution in [1.29, 1.82) is 0 Å². The maximum absolute atomic E-state index is 10.9. The van der Waals surface area contributed by atoms with Crippen LogP contribution in [0.25, 0.3) is 0 Å². The Hall–Kier alpha value is -0.520. The molecule has 98 valence electrons. The van der Waals surface area contributed by atoms with Crippen LogP contribution in [0.5, 0.6) is 0 Å². The molecule has 1 aromatic rings. The fraction of sp³-hybridized carbons (Fsp3) is 0.462. The summed E-state index contributed by atoms with van der Waals surface area (Å²) < 4.78 is 1.06. The molecule has 18 heavy (non-hydrogen) atoms. The third-order valence-electron chi connectivity index (χ3n) is 3.16. The van der Waals surface area contributed by atoms with E-state index in [4.69, 9.17) is 5.11 Å². The lowest BCUT2D eigenvalue weighted by atomic mass is 10.0. The molecule has 0 saturated heterocycles. The second-order valence-corrected chi connectivity index (χ2v) is 6.34. The van der Waals surface area contributed by atoms with Crippen LogP contribution >= 0.6 is 27.7 Å². The molecule has 1 N–H and O–H groups in total. The van der Waals surface area contributed by atoms with Crippen molar-refractivity contribution in [3.05, 3.63) is 28.2 Å². The first kappa shape index (κ1) is 13.9. The van der Waals surface area contributed by atoms with Gasteiger partial charge in [-0.25, -0.2) is 0 Å². The Labute approximate surface area is 120 Å². The third-order valence-corrected chi connectivity index (χ3v) is 4.78. The number of carboxylic acids is 1. The molecular formula is C13H16BrNO2S. The molecule has 0 radical (unpaired) electrons. The second kappa shape index (κ2) is 6.08. The monoisotopic (exact) mass is 329 g/mol. The van der Waals surface area contributed by atoms with Crippen molar-refractivity contribution < 1.29 is 9.90 Å². The van der Waals surface area contributed by atoms with Crippen molar-refractivity contribution in [1.82, 2.24) is 4.90 Å². The Kier molecular flexibility index (Phi) is 4.70. The number of halogens is 1. The lowest BCUT2D eigenvalue weighted by molar-refractivity contribution is -0.138. The first-order chi connectivity index (χ1) is 8.61. The van der Waals surface area contributed by atoms with E-state index in [9.17, 15) is 4.79 Å². The number of rotatable bonds is 4. The van der Waals surface area contributed by atoms with E-state index in [2.05, 4.69) is 28.1 Å². The van der Waals surface area contributed by atoms with Crippen LogP contribution in [0.4, 0.5) is 0 Å². The molecule has 1 atom stereocenters. The van der Waals surface area contributed by atoms with Gasteiger partial charge < -0.3 is 5.11 Å². The SMILES string of the molecule is CCN(CC(=O)O)[C@H]1CCSc2ccc(Br)cc21. The van der Waals surface area contributed by atoms with E-state index < -0.39 is 5.97 Å². The highest BCUT2D eigenvalue weighted by Crippen LogP contribution is 2.40. The number of nitrogens with zero attached hydrogens (tertiary/aromatic N) is 1. The summed E-state index contributed by atoms with van der Waals surface area (Å²) in [4.78, 5) is 14.2. The predicted molar refractivity (Wildman–Crippen MR) is 77.1 cm³/mol. The number of carbonyl (C=O) groups is 1. The van der Waals surface area contributed by atoms with E-state index in [0.29, 0.717) is 0 Å². The molecule has 1 heterocycles. The summed E-state index contributed by atoms with van der Waals surface area (Å²) in [7, 11) is 0. The number of hydrogen-bond acceptors (Lipinski definition) is 3. The van der Waals surface area contributed by atoms with Gasteiger partial charge in [-0.3, -0.25) is 9.69 Å². The number of carboxylic acid groups (broad SMARTS) is 1. The summed E-state index contributed by atoms with van der Waals surface area (Å²) in [5, 5.41) is 8.99. The Morgan fingerprint density at radius 3 is 3.06 bits per heavy atom. The lowest BCUT2D eigenvalue weighted by Gasteiger charge is -2.34. The van der Waals surface area contributed by atoms with E-state index in [1.54, 1.807) is 0 Å². The standard InChI is InChI=1S/C13H16BrNO2S/c1-2-15(8-13(16)17)11-5-6-18-12-4-3-9(14)7-10(11)12/h3-4,7,11H,2,5-6,8H2,1H3,(H,16,17)/t11-/m0/s1. The number of benzene rings is 1. The van der Waals surface area contributed by atoms with Crippen molar-refractivity contribution in [3.63, 3.8) is 0 Å². The van der Waals surface area contributed by atoms with Crippen LogP contribution in [-0.4, -0.2) is 34.8 Å². The second-order valence-electron chi connectivity index (χ2n) is 4.29. The molecule has 2 rings (SSSR count). The van der Waals surface area contributed by atoms with Gasteiger partial charge in [-0.05, 0) is 42.5 Å². The molecule has 0 unspecified atom stereocenters. The molecule has 0 amide bonds. The fourth-order valence-electron chi connectivity index (χ4n) is 2.34. The number of thioether (sulfide) groups is 1. The minimum atomic E-state index is -0.758. The van der Waals surface area contributed by atoms with Crippen LogP contribution in [0, 0.1) is 0 Å². The van der Waals surface area contributed by atoms with Gasteiger partial charge in [0.05, 0.1) is 6.54 Å². The van der Waals surface area contributed by atoms with E-state index in [0.717, 1.165) is 23.2 Å². The van der Waals surface area contributed by atoms with Crippen LogP contribution in [0.1, 0.15) is 24.9 Å². The zero-order valence-electron chi connectivity index (χ0n) is 10.2. The first-order valence-corrected chi connectivity index (χ1v) is 7.77. The van der Waals surface area contributed by atoms with Crippen LogP contribution in [-0.2, 0) is 4.79 Å². The molecule has 0 bridgehead atoms. The lowest BCUT2D eigenvalue weighted by Crippen LogP contribution is -2.35. The Morgan fingerprint density at radius 1 is 1.61 bits per heavy atom. The summed E-state index contributed by atoms with van der Waals surface area (Å²) in [6.45, 7) is 2.88. The van der Waals surface area contributed by atoms with Gasteiger partial charge in [-0.2, -0.15) is 0 Å². The molecule has 3 nitrogen and oxygen atoms in total. The molecular weight excluding hydrogens is 314 g/mol. The quantitative estimate of drug-likeness (QED) is 0.919. The van der Waals surface area contributed by atoms with Crippen molar-refractivity contribution in [2.45, 2.75) is 24.3 Å². The van der Waals surface area contributed by atoms with E-state index in [-0.39, 0.29) is 12.6 Å². The van der Waals surface area contributed by atoms with Gasteiger partial charge in [0, 0.05) is 15.4 Å². The zero-order chi connectivity index (χ0) is 13.1. The van der Waals surface area contributed by atoms with Gasteiger partial charge in [0.2, 0.25) is 0 Å². The molecule has 0 fully saturated rings. The average Bonchev–Trinajstić information content (AvgIpc) is 2.35. The van der Waals surface area contributed by atoms with Crippen molar-refractivity contribution in [3.8, 4) is 0 Å². The molecule has 1 aliphatic rings. The Bertz CT molecular complexity index is 453. The van der Waals surface area contributed by atoms with Gasteiger partial charge in [0.25, 0.3) is 0 Å². The zero-order valence-corrected chi connectivity index (χ0v) is 12.6. The summed E-state index contributed by atoms with van der Waals surface area (Å²) in [5.74, 6) is 0.293. The highest BCUT2D eigenvalue weighted by molar-refractivity contribution is 9.10. The van der Waals surface area contributed by atoms with E-state index in [1.807, 2.05) is 29.7 Å². The summed E-state index contributed by atoms with van der Waals surface area (Å²) in [5.41, 5.74) is 1.25. The Balaban J connectivity index is 2.30. The molecule has 0 aliphatic carbocycles. The molecule has 0 spiro atoms. The highest BCUT2D eigenvalue weighted by Gasteiger charge is 2.26. The normalized spacial score (nSPS) is 18.7. The predicted octanol–water partition coefficient (Wildman–Crippen LogP) is 3.39. The maximum atomic E-state index is 10.9. The van der Waals surface area contributed by atoms with Crippen LogP contribution in [0.15, 0.2) is 27.6 Å². The minimum Gasteiger partial charge on any atom is -0.480 e. The molecule has 0 aromatic heterocycles. The molecule has 1 aromatic carbocycles. The molecule has 5 heteroatoms. The average molecular weight is 330 g/mol. The number of likely N-dealkylation sites (N-methyl/N-ethyl adjacent to an activating group) is 1. The largest absolute Gasteiger partial charge is 0.480 e. The first-order valence-electron chi connectivity index (χ1n) is 6.00. The topological polar surface area (TPSA) is 40.5 Å². The van der Waals surface area contributed by atoms with Crippen LogP contribution in [0.2, 0.25) is 0 Å². The van der Waals surface area contributed by atoms with Crippen molar-refractivity contribution >= 4 is 33.7 Å². The minimum absolute atomic E-state index is 0.109. The summed E-state index contributed by atoms with van der Waals surface area (Å²) >= 11 is 5.35. The van der Waals surface area contributed by atoms with Gasteiger partial charge in [-0.15, -0.1) is 11.8 Å². The van der Waals surface area contributed by atoms with Gasteiger partial charge in [0.1, 0.15) is 0 Å². The maximum Gasteiger partial charge on any atom is 0.317 e. The summed E-state index contributed by atoms with van der Waals surface area (Å²) in [6, 6.07) is 6.50. The fourth-order valence-corrected chi connectivity index (χ4v) is 3.81. The van der Waals surface area contributed by atoms with Crippen LogP contribution in [0.3, 0.4) is 0 Å². The molecule has 0 saturated carbocycles. The van der Waals surface area contributed by atoms with Gasteiger partial charge >= 0.3 is 5.97 Å². The summed E-state index contributed by atoms with van der Waals surface area (Å²) in [6.07, 6.45) is 1.01.